The van der Waals surface area contributed by atoms with Crippen LogP contribution in [0.4, 0.5) is 8.78 Å². The molecule has 0 atom stereocenters. The molecule has 1 aliphatic carbocycles. The van der Waals surface area contributed by atoms with Crippen molar-refractivity contribution < 1.29 is 8.78 Å². The predicted molar refractivity (Wildman–Crippen MR) is 52.8 cm³/mol. The van der Waals surface area contributed by atoms with Gasteiger partial charge >= 0.3 is 0 Å². The molecule has 0 nitrogen and oxygen atoms in total. The number of hydrogen-bond donors (Lipinski definition) is 0. The van der Waals surface area contributed by atoms with Crippen molar-refractivity contribution in [3.05, 3.63) is 41.5 Å². The molecular formula is C12H12F2. The van der Waals surface area contributed by atoms with E-state index in [0.717, 1.165) is 37.3 Å². The molecule has 0 unspecified atom stereocenters. The van der Waals surface area contributed by atoms with Gasteiger partial charge in [0.05, 0.1) is 0 Å². The molecule has 1 aromatic rings. The summed E-state index contributed by atoms with van der Waals surface area (Å²) in [4.78, 5) is 0. The Bertz CT molecular complexity index is 367. The minimum atomic E-state index is -0.368. The van der Waals surface area contributed by atoms with E-state index in [1.165, 1.54) is 12.1 Å². The lowest BCUT2D eigenvalue weighted by atomic mass is 9.93. The number of hydrogen-bond acceptors (Lipinski definition) is 0. The summed E-state index contributed by atoms with van der Waals surface area (Å²) in [5, 5.41) is 0. The van der Waals surface area contributed by atoms with Crippen molar-refractivity contribution in [1.29, 1.82) is 0 Å². The monoisotopic (exact) mass is 194 g/mol. The maximum Gasteiger partial charge on any atom is 0.130 e. The van der Waals surface area contributed by atoms with Crippen molar-refractivity contribution in [2.45, 2.75) is 25.7 Å². The topological polar surface area (TPSA) is 0 Å². The van der Waals surface area contributed by atoms with Crippen LogP contribution in [0.1, 0.15) is 31.2 Å². The van der Waals surface area contributed by atoms with Crippen LogP contribution in [0.15, 0.2) is 24.3 Å². The fraction of sp³-hybridized carbons (Fsp3) is 0.333. The molecule has 1 aliphatic rings. The molecule has 0 N–H and O–H groups in total. The number of benzene rings is 1. The minimum Gasteiger partial charge on any atom is -0.207 e. The van der Waals surface area contributed by atoms with Crippen molar-refractivity contribution in [1.82, 2.24) is 0 Å². The van der Waals surface area contributed by atoms with Crippen LogP contribution < -0.4 is 0 Å². The van der Waals surface area contributed by atoms with Crippen molar-refractivity contribution in [3.63, 3.8) is 0 Å². The first-order chi connectivity index (χ1) is 6.77. The molecule has 0 amide bonds. The van der Waals surface area contributed by atoms with Gasteiger partial charge in [0.1, 0.15) is 11.6 Å². The third kappa shape index (κ3) is 1.84. The van der Waals surface area contributed by atoms with Gasteiger partial charge in [-0.1, -0.05) is 6.08 Å². The smallest absolute Gasteiger partial charge is 0.130 e. The van der Waals surface area contributed by atoms with E-state index in [4.69, 9.17) is 0 Å². The summed E-state index contributed by atoms with van der Waals surface area (Å²) in [6, 6.07) is 3.63. The van der Waals surface area contributed by atoms with E-state index in [1.54, 1.807) is 0 Å². The van der Waals surface area contributed by atoms with Crippen molar-refractivity contribution in [3.8, 4) is 0 Å². The highest BCUT2D eigenvalue weighted by Crippen LogP contribution is 2.28. The summed E-state index contributed by atoms with van der Waals surface area (Å²) in [5.41, 5.74) is 1.39. The summed E-state index contributed by atoms with van der Waals surface area (Å²) in [6.07, 6.45) is 6.08. The Morgan fingerprint density at radius 1 is 1.07 bits per heavy atom. The SMILES string of the molecule is Fc1ccc(F)c(C2=CCCCC2)c1. The Morgan fingerprint density at radius 3 is 2.64 bits per heavy atom. The third-order valence-electron chi connectivity index (χ3n) is 2.57. The Kier molecular flexibility index (Phi) is 2.62. The molecule has 0 radical (unpaired) electrons. The second-order valence-electron chi connectivity index (χ2n) is 3.60. The zero-order valence-corrected chi connectivity index (χ0v) is 7.89. The number of rotatable bonds is 1. The second kappa shape index (κ2) is 3.91. The summed E-state index contributed by atoms with van der Waals surface area (Å²) >= 11 is 0. The average Bonchev–Trinajstić information content (AvgIpc) is 2.23. The van der Waals surface area contributed by atoms with E-state index in [9.17, 15) is 8.78 Å². The normalized spacial score (nSPS) is 16.6. The molecule has 74 valence electrons. The molecule has 0 bridgehead atoms. The van der Waals surface area contributed by atoms with Gasteiger partial charge in [-0.3, -0.25) is 0 Å². The molecule has 2 rings (SSSR count). The van der Waals surface area contributed by atoms with E-state index in [0.29, 0.717) is 5.56 Å². The van der Waals surface area contributed by atoms with Gasteiger partial charge < -0.3 is 0 Å². The first-order valence-corrected chi connectivity index (χ1v) is 4.92. The van der Waals surface area contributed by atoms with E-state index >= 15 is 0 Å². The van der Waals surface area contributed by atoms with Crippen LogP contribution in [0.2, 0.25) is 0 Å². The van der Waals surface area contributed by atoms with Crippen LogP contribution in [-0.2, 0) is 0 Å². The molecule has 2 heteroatoms. The van der Waals surface area contributed by atoms with Gasteiger partial charge in [-0.15, -0.1) is 0 Å². The molecule has 1 aromatic carbocycles. The van der Waals surface area contributed by atoms with Crippen molar-refractivity contribution in [2.75, 3.05) is 0 Å². The molecule has 0 saturated heterocycles. The molecule has 0 saturated carbocycles. The molecular weight excluding hydrogens is 182 g/mol. The van der Waals surface area contributed by atoms with Gasteiger partial charge in [0.15, 0.2) is 0 Å². The third-order valence-corrected chi connectivity index (χ3v) is 2.57. The zero-order valence-electron chi connectivity index (χ0n) is 7.89. The van der Waals surface area contributed by atoms with Crippen molar-refractivity contribution in [2.24, 2.45) is 0 Å². The lowest BCUT2D eigenvalue weighted by Gasteiger charge is -2.13. The quantitative estimate of drug-likeness (QED) is 0.635. The maximum atomic E-state index is 13.3. The van der Waals surface area contributed by atoms with Crippen LogP contribution >= 0.6 is 0 Å². The number of halogens is 2. The first kappa shape index (κ1) is 9.38. The predicted octanol–water partition coefficient (Wildman–Crippen LogP) is 3.92. The average molecular weight is 194 g/mol. The van der Waals surface area contributed by atoms with Gasteiger partial charge in [0.2, 0.25) is 0 Å². The van der Waals surface area contributed by atoms with Crippen LogP contribution in [0, 0.1) is 11.6 Å². The number of allylic oxidation sites excluding steroid dienone is 2. The Balaban J connectivity index is 2.39. The molecule has 0 fully saturated rings. The highest BCUT2D eigenvalue weighted by molar-refractivity contribution is 5.66. The van der Waals surface area contributed by atoms with Gasteiger partial charge in [0.25, 0.3) is 0 Å². The van der Waals surface area contributed by atoms with E-state index in [1.807, 2.05) is 6.08 Å². The zero-order chi connectivity index (χ0) is 9.97. The largest absolute Gasteiger partial charge is 0.207 e. The fourth-order valence-electron chi connectivity index (χ4n) is 1.83. The molecule has 0 aliphatic heterocycles. The highest BCUT2D eigenvalue weighted by atomic mass is 19.1. The fourth-order valence-corrected chi connectivity index (χ4v) is 1.83. The lowest BCUT2D eigenvalue weighted by Crippen LogP contribution is -1.95. The standard InChI is InChI=1S/C12H12F2/c13-10-6-7-12(14)11(8-10)9-4-2-1-3-5-9/h4,6-8H,1-3,5H2. The van der Waals surface area contributed by atoms with Gasteiger partial charge in [-0.2, -0.15) is 0 Å². The van der Waals surface area contributed by atoms with E-state index in [-0.39, 0.29) is 11.6 Å². The van der Waals surface area contributed by atoms with Crippen LogP contribution in [0.3, 0.4) is 0 Å². The lowest BCUT2D eigenvalue weighted by molar-refractivity contribution is 0.594. The second-order valence-corrected chi connectivity index (χ2v) is 3.60. The van der Waals surface area contributed by atoms with Gasteiger partial charge in [0, 0.05) is 5.56 Å². The highest BCUT2D eigenvalue weighted by Gasteiger charge is 2.11. The molecule has 0 heterocycles. The van der Waals surface area contributed by atoms with Crippen LogP contribution in [-0.4, -0.2) is 0 Å². The van der Waals surface area contributed by atoms with E-state index < -0.39 is 0 Å². The molecule has 14 heavy (non-hydrogen) atoms. The Labute approximate surface area is 82.3 Å². The Morgan fingerprint density at radius 2 is 1.93 bits per heavy atom. The van der Waals surface area contributed by atoms with Gasteiger partial charge in [-0.05, 0) is 49.5 Å². The summed E-state index contributed by atoms with van der Waals surface area (Å²) in [7, 11) is 0. The molecule has 0 spiro atoms. The van der Waals surface area contributed by atoms with Crippen LogP contribution in [0.25, 0.3) is 5.57 Å². The summed E-state index contributed by atoms with van der Waals surface area (Å²) < 4.78 is 26.3. The summed E-state index contributed by atoms with van der Waals surface area (Å²) in [5.74, 6) is -0.688. The summed E-state index contributed by atoms with van der Waals surface area (Å²) in [6.45, 7) is 0. The maximum absolute atomic E-state index is 13.3. The first-order valence-electron chi connectivity index (χ1n) is 4.92. The minimum absolute atomic E-state index is 0.320. The Hall–Kier alpha value is -1.18. The molecule has 0 aromatic heterocycles. The van der Waals surface area contributed by atoms with Gasteiger partial charge in [-0.25, -0.2) is 8.78 Å². The van der Waals surface area contributed by atoms with E-state index in [2.05, 4.69) is 0 Å². The van der Waals surface area contributed by atoms with Crippen molar-refractivity contribution >= 4 is 5.57 Å². The van der Waals surface area contributed by atoms with Crippen LogP contribution in [0.5, 0.6) is 0 Å².